The molecule has 0 aliphatic carbocycles. The predicted molar refractivity (Wildman–Crippen MR) is 95.0 cm³/mol. The highest BCUT2D eigenvalue weighted by molar-refractivity contribution is 7.98. The van der Waals surface area contributed by atoms with Crippen molar-refractivity contribution in [3.63, 3.8) is 0 Å². The van der Waals surface area contributed by atoms with Crippen molar-refractivity contribution in [3.8, 4) is 5.69 Å². The summed E-state index contributed by atoms with van der Waals surface area (Å²) in [7, 11) is 0. The van der Waals surface area contributed by atoms with Gasteiger partial charge in [-0.25, -0.2) is 4.68 Å². The van der Waals surface area contributed by atoms with Gasteiger partial charge in [-0.15, -0.1) is 0 Å². The van der Waals surface area contributed by atoms with Crippen molar-refractivity contribution in [2.45, 2.75) is 25.4 Å². The molecule has 0 atom stereocenters. The van der Waals surface area contributed by atoms with E-state index in [0.717, 1.165) is 28.5 Å². The summed E-state index contributed by atoms with van der Waals surface area (Å²) in [6.45, 7) is 4.43. The third kappa shape index (κ3) is 3.46. The second kappa shape index (κ2) is 7.09. The van der Waals surface area contributed by atoms with Gasteiger partial charge in [-0.1, -0.05) is 32.0 Å². The summed E-state index contributed by atoms with van der Waals surface area (Å²) in [5, 5.41) is 9.98. The number of benzene rings is 1. The Bertz CT molecular complexity index is 755. The largest absolute Gasteiger partial charge is 0.348 e. The quantitative estimate of drug-likeness (QED) is 0.835. The van der Waals surface area contributed by atoms with Crippen LogP contribution < -0.4 is 10.6 Å². The molecule has 1 aliphatic rings. The highest BCUT2D eigenvalue weighted by Crippen LogP contribution is 2.35. The Labute approximate surface area is 145 Å². The van der Waals surface area contributed by atoms with Crippen LogP contribution in [-0.2, 0) is 21.1 Å². The molecule has 0 fully saturated rings. The predicted octanol–water partition coefficient (Wildman–Crippen LogP) is 2.33. The molecule has 6 nitrogen and oxygen atoms in total. The molecule has 7 heteroatoms. The molecule has 3 rings (SSSR count). The van der Waals surface area contributed by atoms with E-state index in [1.807, 2.05) is 44.2 Å². The fourth-order valence-electron chi connectivity index (χ4n) is 2.44. The van der Waals surface area contributed by atoms with Gasteiger partial charge >= 0.3 is 11.8 Å². The molecule has 0 unspecified atom stereocenters. The number of nitrogens with zero attached hydrogens (tertiary/aromatic N) is 2. The number of aromatic nitrogens is 2. The first-order valence-electron chi connectivity index (χ1n) is 7.89. The maximum absolute atomic E-state index is 12.2. The number of thioether (sulfide) groups is 1. The number of para-hydroxylation sites is 1. The summed E-state index contributed by atoms with van der Waals surface area (Å²) >= 11 is 1.75. The SMILES string of the molecule is CC(C)CNC(=O)C(=O)Nc1c2c(nn1-c1ccccc1)CSC2. The highest BCUT2D eigenvalue weighted by Gasteiger charge is 2.26. The van der Waals surface area contributed by atoms with Crippen LogP contribution in [-0.4, -0.2) is 28.1 Å². The number of hydrogen-bond donors (Lipinski definition) is 2. The minimum absolute atomic E-state index is 0.289. The number of carbonyl (C=O) groups is 2. The smallest absolute Gasteiger partial charge is 0.314 e. The third-order valence-electron chi connectivity index (χ3n) is 3.66. The van der Waals surface area contributed by atoms with Gasteiger partial charge in [0.1, 0.15) is 5.82 Å². The Morgan fingerprint density at radius 3 is 2.67 bits per heavy atom. The second-order valence-electron chi connectivity index (χ2n) is 6.07. The van der Waals surface area contributed by atoms with Gasteiger partial charge < -0.3 is 10.6 Å². The van der Waals surface area contributed by atoms with Crippen LogP contribution in [0.1, 0.15) is 25.1 Å². The van der Waals surface area contributed by atoms with Crippen molar-refractivity contribution in [3.05, 3.63) is 41.6 Å². The number of carbonyl (C=O) groups excluding carboxylic acids is 2. The Morgan fingerprint density at radius 2 is 1.96 bits per heavy atom. The number of hydrogen-bond acceptors (Lipinski definition) is 4. The molecule has 0 saturated carbocycles. The zero-order valence-corrected chi connectivity index (χ0v) is 14.5. The molecule has 1 aromatic carbocycles. The maximum atomic E-state index is 12.2. The number of amides is 2. The van der Waals surface area contributed by atoms with Gasteiger partial charge in [0.25, 0.3) is 0 Å². The molecular weight excluding hydrogens is 324 g/mol. The Morgan fingerprint density at radius 1 is 1.21 bits per heavy atom. The average molecular weight is 344 g/mol. The van der Waals surface area contributed by atoms with Crippen molar-refractivity contribution < 1.29 is 9.59 Å². The van der Waals surface area contributed by atoms with E-state index in [1.165, 1.54) is 0 Å². The summed E-state index contributed by atoms with van der Waals surface area (Å²) in [4.78, 5) is 24.2. The topological polar surface area (TPSA) is 76.0 Å². The van der Waals surface area contributed by atoms with Crippen LogP contribution in [0, 0.1) is 5.92 Å². The second-order valence-corrected chi connectivity index (χ2v) is 7.06. The van der Waals surface area contributed by atoms with Gasteiger partial charge in [-0.05, 0) is 18.1 Å². The van der Waals surface area contributed by atoms with Crippen molar-refractivity contribution in [2.75, 3.05) is 11.9 Å². The average Bonchev–Trinajstić information content (AvgIpc) is 3.16. The molecule has 0 bridgehead atoms. The van der Waals surface area contributed by atoms with Crippen LogP contribution in [0.15, 0.2) is 30.3 Å². The standard InChI is InChI=1S/C17H20N4O2S/c1-11(2)8-18-16(22)17(23)19-15-13-9-24-10-14(13)20-21(15)12-6-4-3-5-7-12/h3-7,11H,8-10H2,1-2H3,(H,18,22)(H,19,23). The van der Waals surface area contributed by atoms with Crippen molar-refractivity contribution in [2.24, 2.45) is 5.92 Å². The molecule has 0 spiro atoms. The Kier molecular flexibility index (Phi) is 4.89. The lowest BCUT2D eigenvalue weighted by atomic mass is 10.2. The summed E-state index contributed by atoms with van der Waals surface area (Å²) in [6, 6.07) is 9.59. The first kappa shape index (κ1) is 16.6. The van der Waals surface area contributed by atoms with Gasteiger partial charge in [0, 0.05) is 23.6 Å². The molecule has 126 valence electrons. The molecule has 0 saturated heterocycles. The maximum Gasteiger partial charge on any atom is 0.314 e. The van der Waals surface area contributed by atoms with Crippen LogP contribution >= 0.6 is 11.8 Å². The normalized spacial score (nSPS) is 13.0. The minimum Gasteiger partial charge on any atom is -0.348 e. The Hall–Kier alpha value is -2.28. The molecule has 2 amide bonds. The van der Waals surface area contributed by atoms with Crippen LogP contribution in [0.2, 0.25) is 0 Å². The van der Waals surface area contributed by atoms with E-state index in [9.17, 15) is 9.59 Å². The van der Waals surface area contributed by atoms with Crippen LogP contribution in [0.5, 0.6) is 0 Å². The molecule has 1 aliphatic heterocycles. The Balaban J connectivity index is 1.85. The van der Waals surface area contributed by atoms with Gasteiger partial charge in [-0.2, -0.15) is 16.9 Å². The van der Waals surface area contributed by atoms with Crippen LogP contribution in [0.4, 0.5) is 5.82 Å². The summed E-state index contributed by atoms with van der Waals surface area (Å²) in [5.41, 5.74) is 2.81. The van der Waals surface area contributed by atoms with E-state index >= 15 is 0 Å². The molecule has 1 aromatic heterocycles. The minimum atomic E-state index is -0.660. The molecule has 2 N–H and O–H groups in total. The number of anilines is 1. The van der Waals surface area contributed by atoms with E-state index in [-0.39, 0.29) is 5.92 Å². The lowest BCUT2D eigenvalue weighted by Gasteiger charge is -2.11. The third-order valence-corrected chi connectivity index (χ3v) is 4.63. The molecule has 2 aromatic rings. The van der Waals surface area contributed by atoms with E-state index in [1.54, 1.807) is 16.4 Å². The van der Waals surface area contributed by atoms with Gasteiger partial charge in [-0.3, -0.25) is 9.59 Å². The lowest BCUT2D eigenvalue weighted by Crippen LogP contribution is -2.37. The number of nitrogens with one attached hydrogen (secondary N) is 2. The number of fused-ring (bicyclic) bond motifs is 1. The van der Waals surface area contributed by atoms with E-state index in [2.05, 4.69) is 15.7 Å². The van der Waals surface area contributed by atoms with Gasteiger partial charge in [0.15, 0.2) is 0 Å². The summed E-state index contributed by atoms with van der Waals surface area (Å²) in [6.07, 6.45) is 0. The van der Waals surface area contributed by atoms with Crippen LogP contribution in [0.25, 0.3) is 5.69 Å². The number of rotatable bonds is 4. The van der Waals surface area contributed by atoms with E-state index < -0.39 is 11.8 Å². The summed E-state index contributed by atoms with van der Waals surface area (Å²) in [5.74, 6) is 1.20. The van der Waals surface area contributed by atoms with Crippen molar-refractivity contribution in [1.82, 2.24) is 15.1 Å². The fourth-order valence-corrected chi connectivity index (χ4v) is 3.47. The first-order valence-corrected chi connectivity index (χ1v) is 9.05. The highest BCUT2D eigenvalue weighted by atomic mass is 32.2. The fraction of sp³-hybridized carbons (Fsp3) is 0.353. The van der Waals surface area contributed by atoms with E-state index in [4.69, 9.17) is 0 Å². The van der Waals surface area contributed by atoms with E-state index in [0.29, 0.717) is 12.4 Å². The molecule has 24 heavy (non-hydrogen) atoms. The summed E-state index contributed by atoms with van der Waals surface area (Å²) < 4.78 is 1.71. The van der Waals surface area contributed by atoms with Gasteiger partial charge in [0.2, 0.25) is 0 Å². The zero-order valence-electron chi connectivity index (χ0n) is 13.7. The zero-order chi connectivity index (χ0) is 17.1. The van der Waals surface area contributed by atoms with Crippen molar-refractivity contribution >= 4 is 29.4 Å². The van der Waals surface area contributed by atoms with Crippen molar-refractivity contribution in [1.29, 1.82) is 0 Å². The molecule has 2 heterocycles. The molecular formula is C17H20N4O2S. The lowest BCUT2D eigenvalue weighted by molar-refractivity contribution is -0.136. The van der Waals surface area contributed by atoms with Crippen LogP contribution in [0.3, 0.4) is 0 Å². The first-order chi connectivity index (χ1) is 11.6. The monoisotopic (exact) mass is 344 g/mol. The molecule has 0 radical (unpaired) electrons. The van der Waals surface area contributed by atoms with Gasteiger partial charge in [0.05, 0.1) is 11.4 Å².